The Balaban J connectivity index is 0.899. The first-order valence-electron chi connectivity index (χ1n) is 19.5. The van der Waals surface area contributed by atoms with Gasteiger partial charge in [0.2, 0.25) is 5.91 Å². The van der Waals surface area contributed by atoms with E-state index in [1.807, 2.05) is 23.0 Å². The highest BCUT2D eigenvalue weighted by molar-refractivity contribution is 7.90. The van der Waals surface area contributed by atoms with Crippen LogP contribution >= 0.6 is 0 Å². The van der Waals surface area contributed by atoms with Gasteiger partial charge in [-0.2, -0.15) is 18.3 Å². The van der Waals surface area contributed by atoms with E-state index in [0.29, 0.717) is 23.2 Å². The van der Waals surface area contributed by atoms with Crippen molar-refractivity contribution in [2.45, 2.75) is 86.7 Å². The molecule has 18 heteroatoms. The summed E-state index contributed by atoms with van der Waals surface area (Å²) < 4.78 is 70.3. The van der Waals surface area contributed by atoms with Crippen molar-refractivity contribution < 1.29 is 36.3 Å². The molecule has 2 atom stereocenters. The van der Waals surface area contributed by atoms with E-state index in [-0.39, 0.29) is 40.6 Å². The van der Waals surface area contributed by atoms with Crippen LogP contribution < -0.4 is 16.3 Å². The van der Waals surface area contributed by atoms with Gasteiger partial charge in [-0.05, 0) is 106 Å². The Labute approximate surface area is 331 Å². The number of para-hydroxylation sites is 1. The number of carbonyl (C=O) groups excluding carboxylic acids is 2. The van der Waals surface area contributed by atoms with Crippen molar-refractivity contribution in [1.29, 1.82) is 0 Å². The number of aliphatic hydroxyl groups excluding tert-OH is 1. The van der Waals surface area contributed by atoms with Crippen LogP contribution in [0.1, 0.15) is 91.1 Å². The van der Waals surface area contributed by atoms with Crippen LogP contribution in [-0.4, -0.2) is 86.3 Å². The van der Waals surface area contributed by atoms with Crippen LogP contribution in [0.3, 0.4) is 0 Å². The van der Waals surface area contributed by atoms with E-state index in [1.54, 1.807) is 16.2 Å². The summed E-state index contributed by atoms with van der Waals surface area (Å²) in [6, 6.07) is 11.3. The van der Waals surface area contributed by atoms with Gasteiger partial charge < -0.3 is 20.6 Å². The number of hydrogen-bond donors (Lipinski definition) is 3. The molecule has 5 aromatic rings. The Bertz CT molecular complexity index is 2570. The molecular formula is C40H45F3N8O6S. The average Bonchev–Trinajstić information content (AvgIpc) is 3.72. The van der Waals surface area contributed by atoms with Gasteiger partial charge in [0.1, 0.15) is 17.6 Å². The number of amides is 2. The van der Waals surface area contributed by atoms with E-state index in [1.165, 1.54) is 12.1 Å². The molecule has 2 aliphatic heterocycles. The fourth-order valence-electron chi connectivity index (χ4n) is 9.11. The monoisotopic (exact) mass is 822 g/mol. The highest BCUT2D eigenvalue weighted by Crippen LogP contribution is 2.38. The summed E-state index contributed by atoms with van der Waals surface area (Å²) in [5.74, 6) is -0.421. The molecule has 3 N–H and O–H groups in total. The number of carbonyl (C=O) groups is 2. The number of nitrogens with zero attached hydrogens (tertiary/aromatic N) is 6. The Morgan fingerprint density at radius 2 is 1.72 bits per heavy atom. The fraction of sp³-hybridized carbons (Fsp3) is 0.475. The number of aromatic nitrogens is 5. The van der Waals surface area contributed by atoms with Crippen molar-refractivity contribution >= 4 is 49.3 Å². The molecule has 0 bridgehead atoms. The number of sulfone groups is 1. The maximum absolute atomic E-state index is 13.5. The summed E-state index contributed by atoms with van der Waals surface area (Å²) in [6.07, 6.45) is 3.20. The zero-order valence-corrected chi connectivity index (χ0v) is 32.9. The summed E-state index contributed by atoms with van der Waals surface area (Å²) in [4.78, 5) is 44.0. The highest BCUT2D eigenvalue weighted by Gasteiger charge is 2.35. The molecule has 1 aliphatic carbocycles. The van der Waals surface area contributed by atoms with Gasteiger partial charge in [-0.1, -0.05) is 18.2 Å². The second kappa shape index (κ2) is 15.3. The number of hydrogen-bond acceptors (Lipinski definition) is 9. The van der Waals surface area contributed by atoms with Crippen molar-refractivity contribution in [3.63, 3.8) is 0 Å². The number of pyridine rings is 1. The number of likely N-dealkylation sites (tertiary alicyclic amines) is 1. The topological polar surface area (TPSA) is 173 Å². The molecule has 58 heavy (non-hydrogen) atoms. The SMILES string of the molecule is Cn1c(=O)n(C2CCC(=O)NC2O)c2cccc(C3CCN(C[C@H]4CC[C@H](n5cc6cc(NC(=O)c7cccc(C(F)(F)F)n7)c(S(C)(=O)=O)cc6n5)CC4)CC3)c21. The molecule has 2 unspecified atom stereocenters. The maximum atomic E-state index is 13.5. The number of imidazole rings is 1. The van der Waals surface area contributed by atoms with Crippen LogP contribution in [0.25, 0.3) is 21.9 Å². The summed E-state index contributed by atoms with van der Waals surface area (Å²) >= 11 is 0. The molecule has 2 aromatic carbocycles. The van der Waals surface area contributed by atoms with E-state index in [2.05, 4.69) is 26.6 Å². The van der Waals surface area contributed by atoms with Crippen molar-refractivity contribution in [3.8, 4) is 0 Å². The number of halogens is 3. The zero-order chi connectivity index (χ0) is 41.1. The molecule has 308 valence electrons. The third-order valence-corrected chi connectivity index (χ3v) is 13.2. The lowest BCUT2D eigenvalue weighted by atomic mass is 9.84. The number of nitrogens with one attached hydrogen (secondary N) is 2. The highest BCUT2D eigenvalue weighted by atomic mass is 32.2. The molecule has 3 aliphatic rings. The molecule has 0 spiro atoms. The number of aryl methyl sites for hydroxylation is 1. The van der Waals surface area contributed by atoms with Crippen molar-refractivity contribution in [3.05, 3.63) is 82.2 Å². The number of fused-ring (bicyclic) bond motifs is 2. The summed E-state index contributed by atoms with van der Waals surface area (Å²) in [6.45, 7) is 2.84. The van der Waals surface area contributed by atoms with Gasteiger partial charge >= 0.3 is 11.9 Å². The first-order valence-corrected chi connectivity index (χ1v) is 21.4. The number of alkyl halides is 3. The Morgan fingerprint density at radius 3 is 2.41 bits per heavy atom. The van der Waals surface area contributed by atoms with E-state index in [9.17, 15) is 41.1 Å². The number of benzene rings is 2. The van der Waals surface area contributed by atoms with Gasteiger partial charge in [-0.15, -0.1) is 0 Å². The fourth-order valence-corrected chi connectivity index (χ4v) is 9.95. The minimum Gasteiger partial charge on any atom is -0.372 e. The first-order chi connectivity index (χ1) is 27.5. The lowest BCUT2D eigenvalue weighted by Crippen LogP contribution is -2.47. The van der Waals surface area contributed by atoms with Crippen molar-refractivity contribution in [2.75, 3.05) is 31.2 Å². The van der Waals surface area contributed by atoms with Crippen LogP contribution in [0.5, 0.6) is 0 Å². The van der Waals surface area contributed by atoms with E-state index in [0.717, 1.165) is 99.2 Å². The lowest BCUT2D eigenvalue weighted by molar-refractivity contribution is -0.141. The molecule has 2 saturated heterocycles. The van der Waals surface area contributed by atoms with Gasteiger partial charge in [0.15, 0.2) is 9.84 Å². The quantitative estimate of drug-likeness (QED) is 0.192. The van der Waals surface area contributed by atoms with E-state index < -0.39 is 45.6 Å². The molecule has 1 saturated carbocycles. The Kier molecular flexibility index (Phi) is 10.5. The number of rotatable bonds is 8. The minimum absolute atomic E-state index is 0.0686. The molecule has 0 radical (unpaired) electrons. The first kappa shape index (κ1) is 39.7. The van der Waals surface area contributed by atoms with E-state index in [4.69, 9.17) is 5.10 Å². The van der Waals surface area contributed by atoms with Crippen LogP contribution in [0.15, 0.2) is 64.4 Å². The predicted molar refractivity (Wildman–Crippen MR) is 209 cm³/mol. The predicted octanol–water partition coefficient (Wildman–Crippen LogP) is 5.14. The minimum atomic E-state index is -4.75. The van der Waals surface area contributed by atoms with Crippen LogP contribution in [0.4, 0.5) is 18.9 Å². The van der Waals surface area contributed by atoms with Gasteiger partial charge in [0.05, 0.1) is 39.2 Å². The second-order valence-corrected chi connectivity index (χ2v) is 17.9. The molecule has 3 aromatic heterocycles. The second-order valence-electron chi connectivity index (χ2n) is 15.9. The van der Waals surface area contributed by atoms with Gasteiger partial charge in [0, 0.05) is 37.9 Å². The lowest BCUT2D eigenvalue weighted by Gasteiger charge is -2.37. The Hall–Kier alpha value is -5.07. The third-order valence-electron chi connectivity index (χ3n) is 12.1. The van der Waals surface area contributed by atoms with Crippen LogP contribution in [-0.2, 0) is 27.9 Å². The number of aliphatic hydroxyl groups is 1. The summed E-state index contributed by atoms with van der Waals surface area (Å²) in [5.41, 5.74) is 1.18. The van der Waals surface area contributed by atoms with Crippen LogP contribution in [0, 0.1) is 5.92 Å². The van der Waals surface area contributed by atoms with Gasteiger partial charge in [-0.3, -0.25) is 23.4 Å². The number of piperidine rings is 2. The van der Waals surface area contributed by atoms with Gasteiger partial charge in [0.25, 0.3) is 5.91 Å². The van der Waals surface area contributed by atoms with Crippen molar-refractivity contribution in [2.24, 2.45) is 13.0 Å². The Morgan fingerprint density at radius 1 is 1.00 bits per heavy atom. The average molecular weight is 823 g/mol. The standard InChI is InChI=1S/C40H45F3N8O6S/c1-48-36-27(5-3-7-31(36)51(39(48)55)32-13-14-35(52)46-38(32)54)24-15-17-49(18-16-24)21-23-9-11-26(12-10-23)50-22-25-19-30(33(58(2,56)57)20-29(25)47-50)45-37(53)28-6-4-8-34(44-28)40(41,42)43/h3-8,19-20,22-24,26,32,38,54H,9-18,21H2,1-2H3,(H,45,53)(H,46,52)/t23-,26-,32?,38?. The molecule has 8 rings (SSSR count). The number of anilines is 1. The maximum Gasteiger partial charge on any atom is 0.433 e. The molecular weight excluding hydrogens is 778 g/mol. The zero-order valence-electron chi connectivity index (χ0n) is 32.1. The molecule has 5 heterocycles. The van der Waals surface area contributed by atoms with Crippen LogP contribution in [0.2, 0.25) is 0 Å². The molecule has 2 amide bonds. The summed E-state index contributed by atoms with van der Waals surface area (Å²) in [7, 11) is -2.10. The normalized spacial score (nSPS) is 22.7. The van der Waals surface area contributed by atoms with Crippen molar-refractivity contribution in [1.82, 2.24) is 34.1 Å². The van der Waals surface area contributed by atoms with Gasteiger partial charge in [-0.25, -0.2) is 18.2 Å². The smallest absolute Gasteiger partial charge is 0.372 e. The largest absolute Gasteiger partial charge is 0.433 e. The third kappa shape index (κ3) is 7.76. The van der Waals surface area contributed by atoms with E-state index >= 15 is 0 Å². The summed E-state index contributed by atoms with van der Waals surface area (Å²) in [5, 5.41) is 20.9. The molecule has 14 nitrogen and oxygen atoms in total. The molecule has 3 fully saturated rings.